The van der Waals surface area contributed by atoms with E-state index < -0.39 is 5.76 Å². The molecule has 0 spiro atoms. The standard InChI is InChI=1S/C17H14BrFN2O3/c18-12-5-6-13(19)11(9-12)10-20-16(22)7-8-21-14-3-1-2-4-15(14)24-17(21)23/h1-6,9H,7-8,10H2,(H,20,22). The summed E-state index contributed by atoms with van der Waals surface area (Å²) < 4.78 is 20.9. The van der Waals surface area contributed by atoms with Gasteiger partial charge in [0.1, 0.15) is 5.82 Å². The van der Waals surface area contributed by atoms with Crippen molar-refractivity contribution in [2.75, 3.05) is 0 Å². The lowest BCUT2D eigenvalue weighted by atomic mass is 10.2. The quantitative estimate of drug-likeness (QED) is 0.724. The number of hydrogen-bond acceptors (Lipinski definition) is 3. The van der Waals surface area contributed by atoms with Gasteiger partial charge in [-0.1, -0.05) is 28.1 Å². The highest BCUT2D eigenvalue weighted by atomic mass is 79.9. The van der Waals surface area contributed by atoms with Crippen molar-refractivity contribution in [2.45, 2.75) is 19.5 Å². The third-order valence-electron chi connectivity index (χ3n) is 3.62. The number of para-hydroxylation sites is 2. The van der Waals surface area contributed by atoms with Gasteiger partial charge in [-0.05, 0) is 30.3 Å². The molecule has 0 aliphatic carbocycles. The molecule has 0 bridgehead atoms. The van der Waals surface area contributed by atoms with Gasteiger partial charge < -0.3 is 9.73 Å². The fraction of sp³-hybridized carbons (Fsp3) is 0.176. The first kappa shape index (κ1) is 16.4. The summed E-state index contributed by atoms with van der Waals surface area (Å²) in [5.74, 6) is -1.15. The topological polar surface area (TPSA) is 64.2 Å². The summed E-state index contributed by atoms with van der Waals surface area (Å²) in [6.07, 6.45) is 0.0963. The van der Waals surface area contributed by atoms with Crippen LogP contribution in [0.4, 0.5) is 4.39 Å². The van der Waals surface area contributed by atoms with E-state index in [1.807, 2.05) is 0 Å². The van der Waals surface area contributed by atoms with Gasteiger partial charge in [-0.3, -0.25) is 9.36 Å². The average molecular weight is 393 g/mol. The van der Waals surface area contributed by atoms with E-state index in [-0.39, 0.29) is 31.2 Å². The molecule has 3 rings (SSSR count). The Kier molecular flexibility index (Phi) is 4.80. The average Bonchev–Trinajstić information content (AvgIpc) is 2.89. The van der Waals surface area contributed by atoms with Gasteiger partial charge in [0, 0.05) is 29.5 Å². The van der Waals surface area contributed by atoms with Crippen molar-refractivity contribution < 1.29 is 13.6 Å². The Balaban J connectivity index is 1.62. The molecule has 0 fully saturated rings. The van der Waals surface area contributed by atoms with Crippen molar-refractivity contribution in [1.29, 1.82) is 0 Å². The largest absolute Gasteiger partial charge is 0.419 e. The van der Waals surface area contributed by atoms with Crippen LogP contribution in [-0.4, -0.2) is 10.5 Å². The Labute approximate surface area is 145 Å². The molecular formula is C17H14BrFN2O3. The van der Waals surface area contributed by atoms with Crippen LogP contribution in [0, 0.1) is 5.82 Å². The van der Waals surface area contributed by atoms with E-state index in [4.69, 9.17) is 4.42 Å². The maximum Gasteiger partial charge on any atom is 0.419 e. The van der Waals surface area contributed by atoms with Crippen molar-refractivity contribution >= 4 is 32.9 Å². The maximum absolute atomic E-state index is 13.6. The fourth-order valence-electron chi connectivity index (χ4n) is 2.40. The Morgan fingerprint density at radius 2 is 2.04 bits per heavy atom. The molecule has 0 aliphatic heterocycles. The van der Waals surface area contributed by atoms with Gasteiger partial charge >= 0.3 is 5.76 Å². The molecule has 0 aliphatic rings. The monoisotopic (exact) mass is 392 g/mol. The highest BCUT2D eigenvalue weighted by molar-refractivity contribution is 9.10. The van der Waals surface area contributed by atoms with E-state index in [2.05, 4.69) is 21.2 Å². The van der Waals surface area contributed by atoms with E-state index >= 15 is 0 Å². The molecule has 0 unspecified atom stereocenters. The number of rotatable bonds is 5. The van der Waals surface area contributed by atoms with Crippen molar-refractivity contribution in [3.8, 4) is 0 Å². The molecule has 1 N–H and O–H groups in total. The minimum absolute atomic E-state index is 0.0884. The number of hydrogen-bond donors (Lipinski definition) is 1. The Morgan fingerprint density at radius 3 is 2.88 bits per heavy atom. The van der Waals surface area contributed by atoms with Gasteiger partial charge in [-0.15, -0.1) is 0 Å². The molecule has 0 radical (unpaired) electrons. The van der Waals surface area contributed by atoms with Crippen LogP contribution in [0.5, 0.6) is 0 Å². The van der Waals surface area contributed by atoms with E-state index in [9.17, 15) is 14.0 Å². The molecule has 124 valence electrons. The van der Waals surface area contributed by atoms with Crippen molar-refractivity contribution in [3.63, 3.8) is 0 Å². The van der Waals surface area contributed by atoms with Crippen LogP contribution in [0.15, 0.2) is 56.1 Å². The normalized spacial score (nSPS) is 10.9. The van der Waals surface area contributed by atoms with E-state index in [0.717, 1.165) is 4.47 Å². The molecule has 3 aromatic rings. The fourth-order valence-corrected chi connectivity index (χ4v) is 2.81. The van der Waals surface area contributed by atoms with Crippen molar-refractivity contribution in [3.05, 3.63) is 68.9 Å². The molecule has 1 heterocycles. The SMILES string of the molecule is O=C(CCn1c(=O)oc2ccccc21)NCc1cc(Br)ccc1F. The molecule has 1 aromatic heterocycles. The summed E-state index contributed by atoms with van der Waals surface area (Å²) in [6, 6.07) is 11.6. The number of aromatic nitrogens is 1. The molecule has 24 heavy (non-hydrogen) atoms. The van der Waals surface area contributed by atoms with Crippen LogP contribution < -0.4 is 11.1 Å². The summed E-state index contributed by atoms with van der Waals surface area (Å²) in [4.78, 5) is 23.8. The zero-order valence-corrected chi connectivity index (χ0v) is 14.2. The molecule has 5 nitrogen and oxygen atoms in total. The zero-order valence-electron chi connectivity index (χ0n) is 12.6. The minimum Gasteiger partial charge on any atom is -0.408 e. The van der Waals surface area contributed by atoms with Gasteiger partial charge in [0.25, 0.3) is 0 Å². The summed E-state index contributed by atoms with van der Waals surface area (Å²) in [6.45, 7) is 0.286. The lowest BCUT2D eigenvalue weighted by molar-refractivity contribution is -0.121. The highest BCUT2D eigenvalue weighted by Crippen LogP contribution is 2.15. The number of benzene rings is 2. The van der Waals surface area contributed by atoms with Crippen molar-refractivity contribution in [1.82, 2.24) is 9.88 Å². The molecule has 0 saturated heterocycles. The minimum atomic E-state index is -0.498. The first-order valence-corrected chi connectivity index (χ1v) is 8.13. The Hall–Kier alpha value is -2.41. The molecule has 7 heteroatoms. The smallest absolute Gasteiger partial charge is 0.408 e. The van der Waals surface area contributed by atoms with E-state index in [0.29, 0.717) is 16.7 Å². The van der Waals surface area contributed by atoms with Crippen LogP contribution in [0.3, 0.4) is 0 Å². The summed E-state index contributed by atoms with van der Waals surface area (Å²) >= 11 is 3.26. The second-order valence-corrected chi connectivity index (χ2v) is 6.17. The van der Waals surface area contributed by atoms with Gasteiger partial charge in [-0.25, -0.2) is 9.18 Å². The number of carbonyl (C=O) groups is 1. The second-order valence-electron chi connectivity index (χ2n) is 5.25. The Bertz CT molecular complexity index is 948. The summed E-state index contributed by atoms with van der Waals surface area (Å²) in [7, 11) is 0. The predicted molar refractivity (Wildman–Crippen MR) is 91.0 cm³/mol. The first-order valence-electron chi connectivity index (χ1n) is 7.33. The van der Waals surface area contributed by atoms with Gasteiger partial charge in [0.2, 0.25) is 5.91 Å². The van der Waals surface area contributed by atoms with Crippen molar-refractivity contribution in [2.24, 2.45) is 0 Å². The number of aryl methyl sites for hydroxylation is 1. The number of halogens is 2. The van der Waals surface area contributed by atoms with Crippen LogP contribution in [0.2, 0.25) is 0 Å². The van der Waals surface area contributed by atoms with E-state index in [1.54, 1.807) is 36.4 Å². The van der Waals surface area contributed by atoms with Crippen LogP contribution in [0.1, 0.15) is 12.0 Å². The number of nitrogens with one attached hydrogen (secondary N) is 1. The van der Waals surface area contributed by atoms with Crippen LogP contribution in [-0.2, 0) is 17.9 Å². The molecule has 0 saturated carbocycles. The lowest BCUT2D eigenvalue weighted by Crippen LogP contribution is -2.26. The molecule has 2 aromatic carbocycles. The molecular weight excluding hydrogens is 379 g/mol. The summed E-state index contributed by atoms with van der Waals surface area (Å²) in [5.41, 5.74) is 1.52. The van der Waals surface area contributed by atoms with E-state index in [1.165, 1.54) is 10.6 Å². The predicted octanol–water partition coefficient (Wildman–Crippen LogP) is 3.20. The maximum atomic E-state index is 13.6. The Morgan fingerprint density at radius 1 is 1.25 bits per heavy atom. The summed E-state index contributed by atoms with van der Waals surface area (Å²) in [5, 5.41) is 2.65. The second kappa shape index (κ2) is 7.00. The van der Waals surface area contributed by atoms with Crippen LogP contribution in [0.25, 0.3) is 11.1 Å². The lowest BCUT2D eigenvalue weighted by Gasteiger charge is -2.07. The van der Waals surface area contributed by atoms with Gasteiger partial charge in [0.05, 0.1) is 5.52 Å². The van der Waals surface area contributed by atoms with Gasteiger partial charge in [-0.2, -0.15) is 0 Å². The molecule has 1 amide bonds. The highest BCUT2D eigenvalue weighted by Gasteiger charge is 2.11. The number of oxazole rings is 1. The number of nitrogens with zero attached hydrogens (tertiary/aromatic N) is 1. The third kappa shape index (κ3) is 3.56. The molecule has 0 atom stereocenters. The van der Waals surface area contributed by atoms with Gasteiger partial charge in [0.15, 0.2) is 5.58 Å². The third-order valence-corrected chi connectivity index (χ3v) is 4.11. The number of carbonyl (C=O) groups excluding carboxylic acids is 1. The number of fused-ring (bicyclic) bond motifs is 1. The first-order chi connectivity index (χ1) is 11.5. The van der Waals surface area contributed by atoms with Crippen LogP contribution >= 0.6 is 15.9 Å². The zero-order chi connectivity index (χ0) is 17.1. The number of amides is 1.